The number of carbonyl (C=O) groups is 1. The quantitative estimate of drug-likeness (QED) is 0.510. The van der Waals surface area contributed by atoms with Crippen LogP contribution in [0.4, 0.5) is 0 Å². The van der Waals surface area contributed by atoms with E-state index in [9.17, 15) is 9.90 Å². The number of rotatable bonds is 6. The lowest BCUT2D eigenvalue weighted by Gasteiger charge is -2.40. The fourth-order valence-electron chi connectivity index (χ4n) is 3.23. The van der Waals surface area contributed by atoms with Crippen molar-refractivity contribution < 1.29 is 32.8 Å². The molecule has 0 aromatic heterocycles. The van der Waals surface area contributed by atoms with E-state index in [2.05, 4.69) is 19.6 Å². The summed E-state index contributed by atoms with van der Waals surface area (Å²) in [6.45, 7) is 6.69. The second-order valence-corrected chi connectivity index (χ2v) is 8.04. The van der Waals surface area contributed by atoms with Gasteiger partial charge in [0.05, 0.1) is 11.9 Å². The van der Waals surface area contributed by atoms with Crippen molar-refractivity contribution in [2.75, 3.05) is 12.4 Å². The molecule has 0 radical (unpaired) electrons. The average molecular weight is 374 g/mol. The van der Waals surface area contributed by atoms with Gasteiger partial charge in [-0.2, -0.15) is 11.8 Å². The van der Waals surface area contributed by atoms with E-state index in [0.717, 1.165) is 18.6 Å². The number of thioether (sulfide) groups is 1. The van der Waals surface area contributed by atoms with Gasteiger partial charge in [0.2, 0.25) is 0 Å². The highest BCUT2D eigenvalue weighted by Crippen LogP contribution is 2.40. The summed E-state index contributed by atoms with van der Waals surface area (Å²) in [7, 11) is 0. The zero-order valence-electron chi connectivity index (χ0n) is 14.7. The van der Waals surface area contributed by atoms with Crippen molar-refractivity contribution in [2.45, 2.75) is 56.7 Å². The van der Waals surface area contributed by atoms with Gasteiger partial charge in [-0.15, -0.1) is 0 Å². The minimum Gasteiger partial charge on any atom is -1.00 e. The molecule has 2 atom stereocenters. The Morgan fingerprint density at radius 1 is 1.46 bits per heavy atom. The van der Waals surface area contributed by atoms with Crippen LogP contribution in [0.2, 0.25) is 0 Å². The summed E-state index contributed by atoms with van der Waals surface area (Å²) in [5, 5.41) is 10.2. The molecule has 0 saturated heterocycles. The molecule has 6 heteroatoms. The van der Waals surface area contributed by atoms with Crippen molar-refractivity contribution in [3.05, 3.63) is 29.3 Å². The normalized spacial score (nSPS) is 21.5. The topological polar surface area (TPSA) is 74.2 Å². The lowest BCUT2D eigenvalue weighted by molar-refractivity contribution is -0.435. The number of hydrogen-bond donors (Lipinski definition) is 2. The van der Waals surface area contributed by atoms with Gasteiger partial charge in [-0.25, -0.2) is 0 Å². The van der Waals surface area contributed by atoms with E-state index in [1.165, 1.54) is 11.1 Å². The molecule has 1 aromatic rings. The first kappa shape index (κ1) is 21.1. The second kappa shape index (κ2) is 8.97. The smallest absolute Gasteiger partial charge is 0.305 e. The van der Waals surface area contributed by atoms with Crippen molar-refractivity contribution in [1.82, 2.24) is 0 Å². The standard InChI is InChI=1S/C18H27NO3S.ClH/c1-4-22-16(21)6-5-9-23-15-10-12-7-8-13(20)11-14(12)18(2,3)17(15)19;/h7-8,11,15,17,20H,4-6,9-10,19H2,1-3H3;1H/t15-,17+;/m1./s1. The second-order valence-electron chi connectivity index (χ2n) is 6.69. The van der Waals surface area contributed by atoms with Crippen molar-refractivity contribution >= 4 is 17.7 Å². The van der Waals surface area contributed by atoms with Gasteiger partial charge in [-0.05, 0) is 48.8 Å². The Morgan fingerprint density at radius 2 is 2.17 bits per heavy atom. The molecular formula is C18H28ClNO3S. The molecule has 136 valence electrons. The number of aromatic hydroxyl groups is 1. The third kappa shape index (κ3) is 4.80. The van der Waals surface area contributed by atoms with Gasteiger partial charge in [0.25, 0.3) is 0 Å². The van der Waals surface area contributed by atoms with Gasteiger partial charge >= 0.3 is 5.97 Å². The summed E-state index contributed by atoms with van der Waals surface area (Å²) in [4.78, 5) is 11.4. The minimum atomic E-state index is -0.107. The number of esters is 1. The summed E-state index contributed by atoms with van der Waals surface area (Å²) in [5.41, 5.74) is 6.86. The first-order valence-electron chi connectivity index (χ1n) is 8.29. The summed E-state index contributed by atoms with van der Waals surface area (Å²) in [5.74, 6) is 1.16. The molecule has 4 N–H and O–H groups in total. The summed E-state index contributed by atoms with van der Waals surface area (Å²) in [6.07, 6.45) is 2.30. The molecule has 1 aromatic carbocycles. The first-order chi connectivity index (χ1) is 10.9. The molecular weight excluding hydrogens is 346 g/mol. The highest BCUT2D eigenvalue weighted by Gasteiger charge is 2.43. The average Bonchev–Trinajstić information content (AvgIpc) is 2.50. The maximum atomic E-state index is 11.4. The van der Waals surface area contributed by atoms with Crippen LogP contribution in [0.3, 0.4) is 0 Å². The Kier molecular flexibility index (Phi) is 7.90. The number of hydrogen-bond acceptors (Lipinski definition) is 4. The van der Waals surface area contributed by atoms with E-state index in [1.807, 2.05) is 30.8 Å². The molecule has 4 nitrogen and oxygen atoms in total. The molecule has 0 heterocycles. The van der Waals surface area contributed by atoms with Crippen LogP contribution in [0.25, 0.3) is 0 Å². The van der Waals surface area contributed by atoms with Gasteiger partial charge < -0.3 is 28.0 Å². The number of halogens is 1. The molecule has 0 spiro atoms. The number of carbonyl (C=O) groups excluding carboxylic acids is 1. The molecule has 1 aliphatic carbocycles. The molecule has 0 aliphatic heterocycles. The van der Waals surface area contributed by atoms with E-state index in [-0.39, 0.29) is 29.8 Å². The fraction of sp³-hybridized carbons (Fsp3) is 0.611. The highest BCUT2D eigenvalue weighted by atomic mass is 35.5. The Balaban J connectivity index is 0.00000288. The molecule has 1 aliphatic rings. The van der Waals surface area contributed by atoms with Gasteiger partial charge in [-0.3, -0.25) is 4.79 Å². The number of phenolic OH excluding ortho intramolecular Hbond substituents is 1. The summed E-state index contributed by atoms with van der Waals surface area (Å²) >= 11 is 1.90. The van der Waals surface area contributed by atoms with Crippen LogP contribution in [0.5, 0.6) is 5.75 Å². The largest absolute Gasteiger partial charge is 1.00 e. The van der Waals surface area contributed by atoms with Crippen LogP contribution >= 0.6 is 11.8 Å². The van der Waals surface area contributed by atoms with Crippen molar-refractivity contribution in [3.8, 4) is 5.75 Å². The summed E-state index contributed by atoms with van der Waals surface area (Å²) in [6, 6.07) is 5.95. The third-order valence-electron chi connectivity index (χ3n) is 4.75. The maximum absolute atomic E-state index is 11.4. The zero-order valence-corrected chi connectivity index (χ0v) is 16.3. The lowest BCUT2D eigenvalue weighted by Crippen LogP contribution is -3.00. The molecule has 0 unspecified atom stereocenters. The zero-order chi connectivity index (χ0) is 17.0. The predicted molar refractivity (Wildman–Crippen MR) is 93.6 cm³/mol. The van der Waals surface area contributed by atoms with Gasteiger partial charge in [-0.1, -0.05) is 19.9 Å². The van der Waals surface area contributed by atoms with Crippen molar-refractivity contribution in [3.63, 3.8) is 0 Å². The summed E-state index contributed by atoms with van der Waals surface area (Å²) < 4.78 is 4.96. The van der Waals surface area contributed by atoms with E-state index >= 15 is 0 Å². The monoisotopic (exact) mass is 373 g/mol. The SMILES string of the molecule is CCOC(=O)CCCS[C@@H]1Cc2ccc(O)cc2C(C)(C)[C@H]1[NH3+].[Cl-]. The maximum Gasteiger partial charge on any atom is 0.305 e. The van der Waals surface area contributed by atoms with Crippen LogP contribution < -0.4 is 18.1 Å². The van der Waals surface area contributed by atoms with E-state index in [4.69, 9.17) is 4.74 Å². The molecule has 0 amide bonds. The Bertz CT molecular complexity index is 565. The highest BCUT2D eigenvalue weighted by molar-refractivity contribution is 7.99. The van der Waals surface area contributed by atoms with E-state index in [1.54, 1.807) is 6.07 Å². The van der Waals surface area contributed by atoms with Crippen molar-refractivity contribution in [1.29, 1.82) is 0 Å². The molecule has 2 rings (SSSR count). The van der Waals surface area contributed by atoms with Gasteiger partial charge in [0.1, 0.15) is 11.8 Å². The van der Waals surface area contributed by atoms with Crippen LogP contribution in [0.15, 0.2) is 18.2 Å². The fourth-order valence-corrected chi connectivity index (χ4v) is 4.71. The van der Waals surface area contributed by atoms with E-state index in [0.29, 0.717) is 24.0 Å². The Morgan fingerprint density at radius 3 is 2.83 bits per heavy atom. The van der Waals surface area contributed by atoms with Gasteiger partial charge in [0, 0.05) is 11.8 Å². The predicted octanol–water partition coefficient (Wildman–Crippen LogP) is -0.714. The van der Waals surface area contributed by atoms with Crippen LogP contribution in [0, 0.1) is 0 Å². The number of quaternary nitrogens is 1. The Labute approximate surface area is 154 Å². The minimum absolute atomic E-state index is 0. The first-order valence-corrected chi connectivity index (χ1v) is 9.33. The lowest BCUT2D eigenvalue weighted by atomic mass is 9.69. The van der Waals surface area contributed by atoms with E-state index < -0.39 is 0 Å². The van der Waals surface area contributed by atoms with Crippen LogP contribution in [0.1, 0.15) is 44.7 Å². The van der Waals surface area contributed by atoms with Gasteiger partial charge in [0.15, 0.2) is 0 Å². The number of fused-ring (bicyclic) bond motifs is 1. The molecule has 0 fully saturated rings. The molecule has 24 heavy (non-hydrogen) atoms. The Hall–Kier alpha value is -0.910. The van der Waals surface area contributed by atoms with Crippen LogP contribution in [-0.4, -0.2) is 34.7 Å². The number of ether oxygens (including phenoxy) is 1. The molecule has 0 saturated carbocycles. The third-order valence-corrected chi connectivity index (χ3v) is 6.19. The number of benzene rings is 1. The number of phenols is 1. The van der Waals surface area contributed by atoms with Crippen molar-refractivity contribution in [2.24, 2.45) is 0 Å². The van der Waals surface area contributed by atoms with Crippen LogP contribution in [-0.2, 0) is 21.4 Å². The molecule has 0 bridgehead atoms.